The lowest BCUT2D eigenvalue weighted by Gasteiger charge is -2.12. The summed E-state index contributed by atoms with van der Waals surface area (Å²) in [5.41, 5.74) is 1.42. The van der Waals surface area contributed by atoms with Crippen molar-refractivity contribution in [1.29, 1.82) is 0 Å². The van der Waals surface area contributed by atoms with Gasteiger partial charge < -0.3 is 10.1 Å². The fourth-order valence-electron chi connectivity index (χ4n) is 2.50. The molecule has 0 aliphatic carbocycles. The molecule has 2 aromatic rings. The molecule has 8 heteroatoms. The topological polar surface area (TPSA) is 84.5 Å². The molecule has 1 amide bonds. The quantitative estimate of drug-likeness (QED) is 0.565. The van der Waals surface area contributed by atoms with Crippen molar-refractivity contribution in [1.82, 2.24) is 4.72 Å². The number of carbonyl (C=O) groups is 1. The molecule has 0 bridgehead atoms. The van der Waals surface area contributed by atoms with Crippen molar-refractivity contribution in [3.8, 4) is 5.75 Å². The maximum atomic E-state index is 12.5. The zero-order chi connectivity index (χ0) is 19.9. The SMILES string of the molecule is CCc1cc(Br)ccc1S(=O)(=O)NCCCOc1cccc(NC(C)=O)c1. The fraction of sp³-hybridized carbons (Fsp3) is 0.316. The second-order valence-electron chi connectivity index (χ2n) is 5.91. The number of anilines is 1. The lowest BCUT2D eigenvalue weighted by atomic mass is 10.2. The first kappa shape index (κ1) is 21.4. The first-order valence-corrected chi connectivity index (χ1v) is 10.9. The number of benzene rings is 2. The second-order valence-corrected chi connectivity index (χ2v) is 8.57. The van der Waals surface area contributed by atoms with Crippen molar-refractivity contribution in [3.05, 3.63) is 52.5 Å². The average Bonchev–Trinajstić information content (AvgIpc) is 2.60. The summed E-state index contributed by atoms with van der Waals surface area (Å²) < 4.78 is 34.1. The highest BCUT2D eigenvalue weighted by atomic mass is 79.9. The Hall–Kier alpha value is -1.90. The van der Waals surface area contributed by atoms with Gasteiger partial charge in [0.25, 0.3) is 0 Å². The van der Waals surface area contributed by atoms with Crippen molar-refractivity contribution in [2.45, 2.75) is 31.6 Å². The van der Waals surface area contributed by atoms with Crippen LogP contribution in [0.4, 0.5) is 5.69 Å². The van der Waals surface area contributed by atoms with E-state index in [0.717, 1.165) is 10.0 Å². The van der Waals surface area contributed by atoms with Crippen molar-refractivity contribution in [2.24, 2.45) is 0 Å². The summed E-state index contributed by atoms with van der Waals surface area (Å²) in [6.45, 7) is 3.98. The third-order valence-electron chi connectivity index (χ3n) is 3.73. The molecule has 0 atom stereocenters. The Bertz CT molecular complexity index is 900. The monoisotopic (exact) mass is 454 g/mol. The number of carbonyl (C=O) groups excluding carboxylic acids is 1. The molecule has 0 saturated carbocycles. The van der Waals surface area contributed by atoms with Gasteiger partial charge in [-0.1, -0.05) is 28.9 Å². The van der Waals surface area contributed by atoms with Crippen LogP contribution < -0.4 is 14.8 Å². The van der Waals surface area contributed by atoms with Gasteiger partial charge in [-0.05, 0) is 48.7 Å². The van der Waals surface area contributed by atoms with Crippen molar-refractivity contribution < 1.29 is 17.9 Å². The van der Waals surface area contributed by atoms with E-state index in [1.54, 1.807) is 36.4 Å². The molecule has 0 unspecified atom stereocenters. The summed E-state index contributed by atoms with van der Waals surface area (Å²) in [7, 11) is -3.56. The molecule has 0 heterocycles. The highest BCUT2D eigenvalue weighted by molar-refractivity contribution is 9.10. The Morgan fingerprint density at radius 3 is 2.67 bits per heavy atom. The molecule has 6 nitrogen and oxygen atoms in total. The van der Waals surface area contributed by atoms with E-state index in [4.69, 9.17) is 4.74 Å². The molecule has 2 aromatic carbocycles. The van der Waals surface area contributed by atoms with E-state index in [1.807, 2.05) is 13.0 Å². The summed E-state index contributed by atoms with van der Waals surface area (Å²) >= 11 is 3.36. The van der Waals surface area contributed by atoms with E-state index < -0.39 is 10.0 Å². The Morgan fingerprint density at radius 2 is 1.96 bits per heavy atom. The third kappa shape index (κ3) is 6.64. The first-order valence-electron chi connectivity index (χ1n) is 8.60. The van der Waals surface area contributed by atoms with Gasteiger partial charge in [0, 0.05) is 29.7 Å². The van der Waals surface area contributed by atoms with Crippen LogP contribution in [-0.2, 0) is 21.2 Å². The molecule has 0 aromatic heterocycles. The lowest BCUT2D eigenvalue weighted by molar-refractivity contribution is -0.114. The van der Waals surface area contributed by atoms with Crippen LogP contribution in [-0.4, -0.2) is 27.5 Å². The minimum Gasteiger partial charge on any atom is -0.493 e. The molecule has 2 rings (SSSR count). The summed E-state index contributed by atoms with van der Waals surface area (Å²) in [6, 6.07) is 12.2. The normalized spacial score (nSPS) is 11.2. The molecular formula is C19H23BrN2O4S. The van der Waals surface area contributed by atoms with Crippen LogP contribution in [0.15, 0.2) is 51.8 Å². The summed E-state index contributed by atoms with van der Waals surface area (Å²) in [5.74, 6) is 0.464. The molecular weight excluding hydrogens is 432 g/mol. The van der Waals surface area contributed by atoms with Crippen molar-refractivity contribution in [3.63, 3.8) is 0 Å². The standard InChI is InChI=1S/C19H23BrN2O4S/c1-3-15-12-16(20)8-9-19(15)27(24,25)21-10-5-11-26-18-7-4-6-17(13-18)22-14(2)23/h4,6-9,12-13,21H,3,5,10-11H2,1-2H3,(H,22,23). The van der Waals surface area contributed by atoms with Gasteiger partial charge in [-0.3, -0.25) is 4.79 Å². The first-order chi connectivity index (χ1) is 12.8. The smallest absolute Gasteiger partial charge is 0.240 e. The number of rotatable bonds is 9. The van der Waals surface area contributed by atoms with Gasteiger partial charge in [0.05, 0.1) is 11.5 Å². The van der Waals surface area contributed by atoms with E-state index >= 15 is 0 Å². The molecule has 0 radical (unpaired) electrons. The number of sulfonamides is 1. The predicted octanol–water partition coefficient (Wildman–Crippen LogP) is 3.72. The number of hydrogen-bond donors (Lipinski definition) is 2. The van der Waals surface area contributed by atoms with Crippen LogP contribution >= 0.6 is 15.9 Å². The Balaban J connectivity index is 1.85. The molecule has 0 spiro atoms. The highest BCUT2D eigenvalue weighted by Gasteiger charge is 2.17. The number of amides is 1. The van der Waals surface area contributed by atoms with Gasteiger partial charge in [-0.25, -0.2) is 13.1 Å². The van der Waals surface area contributed by atoms with Gasteiger partial charge >= 0.3 is 0 Å². The van der Waals surface area contributed by atoms with Crippen LogP contribution in [0.1, 0.15) is 25.8 Å². The van der Waals surface area contributed by atoms with Gasteiger partial charge in [-0.2, -0.15) is 0 Å². The molecule has 146 valence electrons. The number of aryl methyl sites for hydroxylation is 1. The number of nitrogens with one attached hydrogen (secondary N) is 2. The van der Waals surface area contributed by atoms with Gasteiger partial charge in [0.2, 0.25) is 15.9 Å². The molecule has 27 heavy (non-hydrogen) atoms. The summed E-state index contributed by atoms with van der Waals surface area (Å²) in [5, 5.41) is 2.69. The van der Waals surface area contributed by atoms with Crippen LogP contribution in [0.5, 0.6) is 5.75 Å². The number of halogens is 1. The molecule has 0 saturated heterocycles. The molecule has 0 aliphatic rings. The van der Waals surface area contributed by atoms with Gasteiger partial charge in [0.15, 0.2) is 0 Å². The van der Waals surface area contributed by atoms with Gasteiger partial charge in [-0.15, -0.1) is 0 Å². The van der Waals surface area contributed by atoms with E-state index in [1.165, 1.54) is 6.92 Å². The van der Waals surface area contributed by atoms with E-state index in [2.05, 4.69) is 26.0 Å². The summed E-state index contributed by atoms with van der Waals surface area (Å²) in [6.07, 6.45) is 1.14. The van der Waals surface area contributed by atoms with Gasteiger partial charge in [0.1, 0.15) is 5.75 Å². The van der Waals surface area contributed by atoms with Crippen LogP contribution in [0.25, 0.3) is 0 Å². The Labute approximate surface area is 168 Å². The second kappa shape index (κ2) is 9.87. The largest absolute Gasteiger partial charge is 0.493 e. The Morgan fingerprint density at radius 1 is 1.19 bits per heavy atom. The van der Waals surface area contributed by atoms with Crippen molar-refractivity contribution in [2.75, 3.05) is 18.5 Å². The fourth-order valence-corrected chi connectivity index (χ4v) is 4.27. The minimum atomic E-state index is -3.56. The van der Waals surface area contributed by atoms with Crippen LogP contribution in [0.3, 0.4) is 0 Å². The molecule has 2 N–H and O–H groups in total. The third-order valence-corrected chi connectivity index (χ3v) is 5.78. The summed E-state index contributed by atoms with van der Waals surface area (Å²) in [4.78, 5) is 11.4. The Kier molecular flexibility index (Phi) is 7.82. The zero-order valence-electron chi connectivity index (χ0n) is 15.3. The number of ether oxygens (including phenoxy) is 1. The molecule has 0 aliphatic heterocycles. The lowest BCUT2D eigenvalue weighted by Crippen LogP contribution is -2.26. The number of hydrogen-bond acceptors (Lipinski definition) is 4. The average molecular weight is 455 g/mol. The zero-order valence-corrected chi connectivity index (χ0v) is 17.7. The maximum absolute atomic E-state index is 12.5. The van der Waals surface area contributed by atoms with E-state index in [9.17, 15) is 13.2 Å². The van der Waals surface area contributed by atoms with Crippen LogP contribution in [0.2, 0.25) is 0 Å². The van der Waals surface area contributed by atoms with Crippen molar-refractivity contribution >= 4 is 37.5 Å². The highest BCUT2D eigenvalue weighted by Crippen LogP contribution is 2.21. The molecule has 0 fully saturated rings. The predicted molar refractivity (Wildman–Crippen MR) is 110 cm³/mol. The van der Waals surface area contributed by atoms with E-state index in [0.29, 0.717) is 35.8 Å². The maximum Gasteiger partial charge on any atom is 0.240 e. The van der Waals surface area contributed by atoms with Crippen LogP contribution in [0, 0.1) is 0 Å². The van der Waals surface area contributed by atoms with E-state index in [-0.39, 0.29) is 12.5 Å². The minimum absolute atomic E-state index is 0.152.